The summed E-state index contributed by atoms with van der Waals surface area (Å²) >= 11 is 7.62. The van der Waals surface area contributed by atoms with Gasteiger partial charge in [0.1, 0.15) is 23.0 Å². The molecule has 5 nitrogen and oxygen atoms in total. The number of halogens is 1. The number of thiophene rings is 1. The number of hydrogen-bond donors (Lipinski definition) is 1. The van der Waals surface area contributed by atoms with Gasteiger partial charge in [-0.15, -0.1) is 11.3 Å². The zero-order valence-electron chi connectivity index (χ0n) is 15.4. The second kappa shape index (κ2) is 7.13. The van der Waals surface area contributed by atoms with Gasteiger partial charge in [0.15, 0.2) is 0 Å². The van der Waals surface area contributed by atoms with E-state index in [9.17, 15) is 4.79 Å². The molecule has 0 spiro atoms. The van der Waals surface area contributed by atoms with Crippen molar-refractivity contribution in [2.24, 2.45) is 5.73 Å². The molecular formula is C22H17ClN4OS. The number of aromatic nitrogens is 2. The van der Waals surface area contributed by atoms with Gasteiger partial charge in [0.2, 0.25) is 5.91 Å². The quantitative estimate of drug-likeness (QED) is 0.532. The number of carbonyl (C=O) groups excluding carboxylic acids is 1. The molecule has 0 bridgehead atoms. The predicted octanol–water partition coefficient (Wildman–Crippen LogP) is 4.43. The number of hydrogen-bond acceptors (Lipinski definition) is 5. The van der Waals surface area contributed by atoms with Crippen LogP contribution in [0.15, 0.2) is 60.2 Å². The van der Waals surface area contributed by atoms with Crippen molar-refractivity contribution in [3.8, 4) is 11.1 Å². The van der Waals surface area contributed by atoms with Crippen LogP contribution in [0.1, 0.15) is 11.1 Å². The number of fused-ring (bicyclic) bond motifs is 2. The minimum absolute atomic E-state index is 0.352. The number of benzene rings is 2. The maximum atomic E-state index is 12.3. The summed E-state index contributed by atoms with van der Waals surface area (Å²) in [6.07, 6.45) is 2.12. The third kappa shape index (κ3) is 3.14. The van der Waals surface area contributed by atoms with Crippen molar-refractivity contribution in [3.05, 3.63) is 76.4 Å². The van der Waals surface area contributed by atoms with Crippen molar-refractivity contribution < 1.29 is 4.79 Å². The van der Waals surface area contributed by atoms with E-state index in [4.69, 9.17) is 17.3 Å². The molecule has 29 heavy (non-hydrogen) atoms. The number of anilines is 1. The van der Waals surface area contributed by atoms with Gasteiger partial charge in [0, 0.05) is 28.9 Å². The Morgan fingerprint density at radius 3 is 2.62 bits per heavy atom. The van der Waals surface area contributed by atoms with Crippen LogP contribution in [0.3, 0.4) is 0 Å². The Morgan fingerprint density at radius 1 is 1.10 bits per heavy atom. The summed E-state index contributed by atoms with van der Waals surface area (Å²) in [6.45, 7) is 0.575. The van der Waals surface area contributed by atoms with Gasteiger partial charge in [-0.25, -0.2) is 9.97 Å². The van der Waals surface area contributed by atoms with Crippen LogP contribution in [0.25, 0.3) is 21.3 Å². The smallest absolute Gasteiger partial charge is 0.240 e. The van der Waals surface area contributed by atoms with E-state index in [0.717, 1.165) is 32.7 Å². The summed E-state index contributed by atoms with van der Waals surface area (Å²) in [5.74, 6) is 0.383. The zero-order valence-corrected chi connectivity index (χ0v) is 17.0. The van der Waals surface area contributed by atoms with Gasteiger partial charge in [-0.2, -0.15) is 0 Å². The highest BCUT2D eigenvalue weighted by atomic mass is 35.5. The summed E-state index contributed by atoms with van der Waals surface area (Å²) in [7, 11) is 0. The van der Waals surface area contributed by atoms with E-state index in [1.54, 1.807) is 17.7 Å². The van der Waals surface area contributed by atoms with Crippen LogP contribution < -0.4 is 10.6 Å². The lowest BCUT2D eigenvalue weighted by Crippen LogP contribution is -2.49. The Balaban J connectivity index is 1.69. The molecule has 1 atom stereocenters. The first kappa shape index (κ1) is 18.1. The third-order valence-corrected chi connectivity index (χ3v) is 6.49. The maximum absolute atomic E-state index is 12.3. The summed E-state index contributed by atoms with van der Waals surface area (Å²) in [4.78, 5) is 24.3. The van der Waals surface area contributed by atoms with Crippen molar-refractivity contribution in [3.63, 3.8) is 0 Å². The zero-order chi connectivity index (χ0) is 20.0. The molecule has 2 aromatic carbocycles. The molecule has 144 valence electrons. The minimum atomic E-state index is -0.457. The number of primary amides is 1. The van der Waals surface area contributed by atoms with Gasteiger partial charge in [-0.05, 0) is 28.8 Å². The van der Waals surface area contributed by atoms with Gasteiger partial charge in [-0.1, -0.05) is 48.0 Å². The molecule has 5 rings (SSSR count). The average molecular weight is 421 g/mol. The summed E-state index contributed by atoms with van der Waals surface area (Å²) < 4.78 is 0. The first-order valence-electron chi connectivity index (χ1n) is 9.22. The van der Waals surface area contributed by atoms with E-state index >= 15 is 0 Å². The molecule has 1 aliphatic rings. The normalized spacial score (nSPS) is 16.0. The van der Waals surface area contributed by atoms with E-state index in [-0.39, 0.29) is 5.91 Å². The van der Waals surface area contributed by atoms with E-state index in [2.05, 4.69) is 27.5 Å². The molecule has 1 aliphatic heterocycles. The van der Waals surface area contributed by atoms with Crippen LogP contribution >= 0.6 is 22.9 Å². The molecule has 2 aromatic heterocycles. The van der Waals surface area contributed by atoms with Gasteiger partial charge in [-0.3, -0.25) is 4.79 Å². The van der Waals surface area contributed by atoms with Crippen LogP contribution in [0.4, 0.5) is 5.82 Å². The molecule has 1 amide bonds. The largest absolute Gasteiger partial charge is 0.368 e. The Morgan fingerprint density at radius 2 is 1.86 bits per heavy atom. The molecule has 0 saturated carbocycles. The number of amides is 1. The minimum Gasteiger partial charge on any atom is -0.368 e. The van der Waals surface area contributed by atoms with Crippen molar-refractivity contribution in [1.29, 1.82) is 0 Å². The van der Waals surface area contributed by atoms with E-state index in [0.29, 0.717) is 18.0 Å². The molecular weight excluding hydrogens is 404 g/mol. The lowest BCUT2D eigenvalue weighted by Gasteiger charge is -2.36. The average Bonchev–Trinajstić information content (AvgIpc) is 3.17. The lowest BCUT2D eigenvalue weighted by atomic mass is 9.93. The standard InChI is InChI=1S/C22H17ClN4OS/c23-16-7-5-13(6-8-16)17-11-29-22-19(17)21(25-12-26-22)27-10-15-4-2-1-3-14(15)9-18(27)20(24)28/h1-8,11-12,18H,9-10H2,(H2,24,28). The van der Waals surface area contributed by atoms with Gasteiger partial charge in [0.25, 0.3) is 0 Å². The van der Waals surface area contributed by atoms with Gasteiger partial charge in [0.05, 0.1) is 5.39 Å². The molecule has 0 fully saturated rings. The Hall–Kier alpha value is -2.96. The third-order valence-electron chi connectivity index (χ3n) is 5.35. The fourth-order valence-electron chi connectivity index (χ4n) is 3.92. The van der Waals surface area contributed by atoms with Crippen LogP contribution in [0, 0.1) is 0 Å². The molecule has 0 radical (unpaired) electrons. The van der Waals surface area contributed by atoms with Crippen molar-refractivity contribution in [1.82, 2.24) is 9.97 Å². The monoisotopic (exact) mass is 420 g/mol. The molecule has 2 N–H and O–H groups in total. The number of rotatable bonds is 3. The SMILES string of the molecule is NC(=O)C1Cc2ccccc2CN1c1ncnc2scc(-c3ccc(Cl)cc3)c12. The fraction of sp³-hybridized carbons (Fsp3) is 0.136. The summed E-state index contributed by atoms with van der Waals surface area (Å²) in [5.41, 5.74) is 10.2. The Labute approximate surface area is 176 Å². The van der Waals surface area contributed by atoms with Crippen molar-refractivity contribution >= 4 is 44.9 Å². The highest BCUT2D eigenvalue weighted by molar-refractivity contribution is 7.17. The fourth-order valence-corrected chi connectivity index (χ4v) is 4.96. The van der Waals surface area contributed by atoms with Crippen LogP contribution in [-0.2, 0) is 17.8 Å². The van der Waals surface area contributed by atoms with Crippen molar-refractivity contribution in [2.75, 3.05) is 4.90 Å². The molecule has 0 saturated heterocycles. The van der Waals surface area contributed by atoms with Crippen LogP contribution in [0.2, 0.25) is 5.02 Å². The lowest BCUT2D eigenvalue weighted by molar-refractivity contribution is -0.119. The highest BCUT2D eigenvalue weighted by Crippen LogP contribution is 2.40. The van der Waals surface area contributed by atoms with Crippen LogP contribution in [-0.4, -0.2) is 21.9 Å². The second-order valence-corrected chi connectivity index (χ2v) is 8.35. The molecule has 4 aromatic rings. The number of carbonyl (C=O) groups is 1. The molecule has 0 aliphatic carbocycles. The van der Waals surface area contributed by atoms with Gasteiger partial charge >= 0.3 is 0 Å². The van der Waals surface area contributed by atoms with E-state index < -0.39 is 6.04 Å². The maximum Gasteiger partial charge on any atom is 0.240 e. The summed E-state index contributed by atoms with van der Waals surface area (Å²) in [6, 6.07) is 15.4. The van der Waals surface area contributed by atoms with Gasteiger partial charge < -0.3 is 10.6 Å². The van der Waals surface area contributed by atoms with Crippen molar-refractivity contribution in [2.45, 2.75) is 19.0 Å². The first-order valence-corrected chi connectivity index (χ1v) is 10.5. The van der Waals surface area contributed by atoms with Crippen LogP contribution in [0.5, 0.6) is 0 Å². The molecule has 7 heteroatoms. The second-order valence-electron chi connectivity index (χ2n) is 7.05. The highest BCUT2D eigenvalue weighted by Gasteiger charge is 2.32. The predicted molar refractivity (Wildman–Crippen MR) is 117 cm³/mol. The summed E-state index contributed by atoms with van der Waals surface area (Å²) in [5, 5.41) is 3.69. The molecule has 1 unspecified atom stereocenters. The van der Waals surface area contributed by atoms with E-state index in [1.807, 2.05) is 41.3 Å². The Bertz CT molecular complexity index is 1220. The Kier molecular flexibility index (Phi) is 4.45. The number of nitrogens with two attached hydrogens (primary N) is 1. The topological polar surface area (TPSA) is 72.1 Å². The van der Waals surface area contributed by atoms with E-state index in [1.165, 1.54) is 5.56 Å². The first-order chi connectivity index (χ1) is 14.1. The molecule has 3 heterocycles. The number of nitrogens with zero attached hydrogens (tertiary/aromatic N) is 3.